The van der Waals surface area contributed by atoms with Crippen molar-refractivity contribution < 1.29 is 4.74 Å². The Labute approximate surface area is 175 Å². The fourth-order valence-electron chi connectivity index (χ4n) is 3.04. The summed E-state index contributed by atoms with van der Waals surface area (Å²) in [6.07, 6.45) is 0. The van der Waals surface area contributed by atoms with Crippen LogP contribution >= 0.6 is 35.0 Å². The largest absolute Gasteiger partial charge is 0.383 e. The van der Waals surface area contributed by atoms with Crippen molar-refractivity contribution in [3.05, 3.63) is 68.4 Å². The molecule has 4 aromatic rings. The van der Waals surface area contributed by atoms with Crippen LogP contribution < -0.4 is 5.56 Å². The molecule has 0 unspecified atom stereocenters. The lowest BCUT2D eigenvalue weighted by Crippen LogP contribution is -2.25. The molecule has 0 atom stereocenters. The first-order chi connectivity index (χ1) is 13.6. The normalized spacial score (nSPS) is 11.5. The Balaban J connectivity index is 1.78. The van der Waals surface area contributed by atoms with Gasteiger partial charge in [0.2, 0.25) is 0 Å². The Morgan fingerprint density at radius 3 is 2.79 bits per heavy atom. The zero-order chi connectivity index (χ0) is 19.7. The molecule has 0 radical (unpaired) electrons. The Hall–Kier alpha value is -1.99. The van der Waals surface area contributed by atoms with E-state index in [4.69, 9.17) is 32.9 Å². The zero-order valence-electron chi connectivity index (χ0n) is 15.0. The number of benzene rings is 2. The number of nitrogens with zero attached hydrogens (tertiary/aromatic N) is 2. The average molecular weight is 434 g/mol. The molecule has 0 amide bonds. The van der Waals surface area contributed by atoms with Gasteiger partial charge in [0.1, 0.15) is 11.0 Å². The Morgan fingerprint density at radius 2 is 2.00 bits per heavy atom. The summed E-state index contributed by atoms with van der Waals surface area (Å²) in [5.41, 5.74) is 3.00. The number of nitrogens with one attached hydrogen (secondary N) is 1. The van der Waals surface area contributed by atoms with Crippen LogP contribution in [0.4, 0.5) is 0 Å². The number of ether oxygens (including phenoxy) is 1. The lowest BCUT2D eigenvalue weighted by molar-refractivity contribution is 0.183. The van der Waals surface area contributed by atoms with Crippen LogP contribution in [0, 0.1) is 0 Å². The number of para-hydroxylation sites is 1. The monoisotopic (exact) mass is 433 g/mol. The van der Waals surface area contributed by atoms with Crippen LogP contribution in [0.15, 0.2) is 52.4 Å². The number of aromatic nitrogens is 3. The van der Waals surface area contributed by atoms with Crippen LogP contribution in [0.5, 0.6) is 0 Å². The molecule has 144 valence electrons. The molecule has 1 N–H and O–H groups in total. The molecule has 4 rings (SSSR count). The van der Waals surface area contributed by atoms with Crippen LogP contribution in [0.2, 0.25) is 10.0 Å². The number of aromatic amines is 1. The van der Waals surface area contributed by atoms with Crippen LogP contribution in [0.25, 0.3) is 21.9 Å². The number of halogens is 2. The van der Waals surface area contributed by atoms with E-state index in [1.54, 1.807) is 17.7 Å². The maximum absolute atomic E-state index is 13.1. The van der Waals surface area contributed by atoms with E-state index in [1.807, 2.05) is 36.4 Å². The SMILES string of the molecule is COCCn1c(SCc2ccc(Cl)c(Cl)c2)nc2c([nH]c3ccccc32)c1=O. The predicted octanol–water partition coefficient (Wildman–Crippen LogP) is 5.12. The van der Waals surface area contributed by atoms with Crippen molar-refractivity contribution in [3.8, 4) is 0 Å². The van der Waals surface area contributed by atoms with Gasteiger partial charge in [-0.3, -0.25) is 9.36 Å². The average Bonchev–Trinajstić information content (AvgIpc) is 3.07. The summed E-state index contributed by atoms with van der Waals surface area (Å²) in [6.45, 7) is 0.852. The maximum atomic E-state index is 13.1. The maximum Gasteiger partial charge on any atom is 0.278 e. The highest BCUT2D eigenvalue weighted by molar-refractivity contribution is 7.98. The topological polar surface area (TPSA) is 59.9 Å². The molecule has 0 aliphatic carbocycles. The van der Waals surface area contributed by atoms with E-state index in [2.05, 4.69) is 4.98 Å². The standard InChI is InChI=1S/C20H17Cl2N3O2S/c1-27-9-8-25-19(26)18-17(13-4-2-3-5-16(13)23-18)24-20(25)28-11-12-6-7-14(21)15(22)10-12/h2-7,10,23H,8-9,11H2,1H3. The third-order valence-electron chi connectivity index (χ3n) is 4.45. The first kappa shape index (κ1) is 19.3. The van der Waals surface area contributed by atoms with Crippen molar-refractivity contribution in [2.24, 2.45) is 0 Å². The minimum Gasteiger partial charge on any atom is -0.383 e. The van der Waals surface area contributed by atoms with Crippen molar-refractivity contribution in [2.45, 2.75) is 17.5 Å². The van der Waals surface area contributed by atoms with Gasteiger partial charge in [-0.25, -0.2) is 4.98 Å². The molecular formula is C20H17Cl2N3O2S. The number of thioether (sulfide) groups is 1. The van der Waals surface area contributed by atoms with Gasteiger partial charge in [-0.1, -0.05) is 59.2 Å². The van der Waals surface area contributed by atoms with E-state index in [1.165, 1.54) is 11.8 Å². The summed E-state index contributed by atoms with van der Waals surface area (Å²) in [6, 6.07) is 13.3. The minimum absolute atomic E-state index is 0.102. The number of rotatable bonds is 6. The molecule has 2 heterocycles. The van der Waals surface area contributed by atoms with E-state index in [-0.39, 0.29) is 5.56 Å². The lowest BCUT2D eigenvalue weighted by atomic mass is 10.2. The number of hydrogen-bond acceptors (Lipinski definition) is 4. The van der Waals surface area contributed by atoms with Gasteiger partial charge in [-0.15, -0.1) is 0 Å². The summed E-state index contributed by atoms with van der Waals surface area (Å²) in [4.78, 5) is 21.1. The van der Waals surface area contributed by atoms with Crippen LogP contribution in [-0.4, -0.2) is 28.3 Å². The fraction of sp³-hybridized carbons (Fsp3) is 0.200. The number of methoxy groups -OCH3 is 1. The second kappa shape index (κ2) is 8.17. The molecule has 0 spiro atoms. The highest BCUT2D eigenvalue weighted by Crippen LogP contribution is 2.29. The van der Waals surface area contributed by atoms with Crippen molar-refractivity contribution in [2.75, 3.05) is 13.7 Å². The van der Waals surface area contributed by atoms with Gasteiger partial charge in [0.15, 0.2) is 5.16 Å². The Kier molecular flexibility index (Phi) is 5.64. The second-order valence-electron chi connectivity index (χ2n) is 6.28. The molecule has 0 fully saturated rings. The van der Waals surface area contributed by atoms with Crippen molar-refractivity contribution in [3.63, 3.8) is 0 Å². The summed E-state index contributed by atoms with van der Waals surface area (Å²) in [5.74, 6) is 0.615. The third-order valence-corrected chi connectivity index (χ3v) is 6.23. The first-order valence-corrected chi connectivity index (χ1v) is 10.4. The van der Waals surface area contributed by atoms with Gasteiger partial charge in [0.05, 0.1) is 23.2 Å². The minimum atomic E-state index is -0.102. The lowest BCUT2D eigenvalue weighted by Gasteiger charge is -2.12. The number of H-pyrrole nitrogens is 1. The van der Waals surface area contributed by atoms with Crippen LogP contribution in [0.3, 0.4) is 0 Å². The quantitative estimate of drug-likeness (QED) is 0.338. The van der Waals surface area contributed by atoms with Gasteiger partial charge < -0.3 is 9.72 Å². The van der Waals surface area contributed by atoms with Gasteiger partial charge in [0.25, 0.3) is 5.56 Å². The van der Waals surface area contributed by atoms with Gasteiger partial charge >= 0.3 is 0 Å². The number of hydrogen-bond donors (Lipinski definition) is 1. The van der Waals surface area contributed by atoms with E-state index in [0.717, 1.165) is 16.5 Å². The molecule has 0 saturated heterocycles. The van der Waals surface area contributed by atoms with Crippen LogP contribution in [-0.2, 0) is 17.0 Å². The third kappa shape index (κ3) is 3.65. The Morgan fingerprint density at radius 1 is 1.18 bits per heavy atom. The molecule has 0 bridgehead atoms. The molecule has 0 aliphatic rings. The molecule has 0 saturated carbocycles. The van der Waals surface area contributed by atoms with Crippen molar-refractivity contribution in [1.29, 1.82) is 0 Å². The van der Waals surface area contributed by atoms with Gasteiger partial charge in [0, 0.05) is 23.8 Å². The highest BCUT2D eigenvalue weighted by Gasteiger charge is 2.16. The van der Waals surface area contributed by atoms with Gasteiger partial charge in [-0.05, 0) is 23.8 Å². The smallest absolute Gasteiger partial charge is 0.278 e. The van der Waals surface area contributed by atoms with E-state index >= 15 is 0 Å². The summed E-state index contributed by atoms with van der Waals surface area (Å²) >= 11 is 13.6. The van der Waals surface area contributed by atoms with Crippen molar-refractivity contribution in [1.82, 2.24) is 14.5 Å². The molecule has 8 heteroatoms. The Bertz CT molecular complexity index is 1220. The molecular weight excluding hydrogens is 417 g/mol. The predicted molar refractivity (Wildman–Crippen MR) is 116 cm³/mol. The molecule has 2 aromatic heterocycles. The van der Waals surface area contributed by atoms with Gasteiger partial charge in [-0.2, -0.15) is 0 Å². The molecule has 0 aliphatic heterocycles. The summed E-state index contributed by atoms with van der Waals surface area (Å²) in [7, 11) is 1.61. The summed E-state index contributed by atoms with van der Waals surface area (Å²) < 4.78 is 6.84. The van der Waals surface area contributed by atoms with E-state index < -0.39 is 0 Å². The summed E-state index contributed by atoms with van der Waals surface area (Å²) in [5, 5.41) is 2.61. The van der Waals surface area contributed by atoms with Crippen molar-refractivity contribution >= 4 is 56.9 Å². The first-order valence-electron chi connectivity index (χ1n) is 8.65. The zero-order valence-corrected chi connectivity index (χ0v) is 17.4. The molecule has 28 heavy (non-hydrogen) atoms. The van der Waals surface area contributed by atoms with E-state index in [9.17, 15) is 4.79 Å². The highest BCUT2D eigenvalue weighted by atomic mass is 35.5. The molecule has 2 aromatic carbocycles. The number of fused-ring (bicyclic) bond motifs is 3. The van der Waals surface area contributed by atoms with E-state index in [0.29, 0.717) is 45.1 Å². The fourth-order valence-corrected chi connectivity index (χ4v) is 4.33. The molecule has 5 nitrogen and oxygen atoms in total. The van der Waals surface area contributed by atoms with Crippen LogP contribution in [0.1, 0.15) is 5.56 Å². The second-order valence-corrected chi connectivity index (χ2v) is 8.03.